The van der Waals surface area contributed by atoms with Gasteiger partial charge < -0.3 is 19.7 Å². The standard InChI is InChI=1S/C17H30ClN5/c1-14(11-23-7-5-6-8-23)10-20-17(19-2)22(4)13-16-9-15(18)12-21(16)3/h9,12,14H,5-8,10-11,13H2,1-4H3,(H,19,20). The molecule has 6 heteroatoms. The van der Waals surface area contributed by atoms with Crippen LogP contribution in [0.1, 0.15) is 25.5 Å². The number of aliphatic imine (C=N–C) groups is 1. The molecule has 23 heavy (non-hydrogen) atoms. The number of aromatic nitrogens is 1. The van der Waals surface area contributed by atoms with Gasteiger partial charge in [0.25, 0.3) is 0 Å². The molecule has 1 aliphatic heterocycles. The number of aryl methyl sites for hydroxylation is 1. The van der Waals surface area contributed by atoms with Crippen LogP contribution in [0, 0.1) is 5.92 Å². The van der Waals surface area contributed by atoms with E-state index in [0.717, 1.165) is 24.1 Å². The van der Waals surface area contributed by atoms with E-state index in [9.17, 15) is 0 Å². The van der Waals surface area contributed by atoms with Crippen molar-refractivity contribution in [3.8, 4) is 0 Å². The van der Waals surface area contributed by atoms with Crippen molar-refractivity contribution in [2.24, 2.45) is 18.0 Å². The van der Waals surface area contributed by atoms with Crippen LogP contribution in [0.25, 0.3) is 0 Å². The zero-order chi connectivity index (χ0) is 16.8. The normalized spacial score (nSPS) is 17.5. The van der Waals surface area contributed by atoms with E-state index in [-0.39, 0.29) is 0 Å². The maximum absolute atomic E-state index is 6.06. The molecule has 1 N–H and O–H groups in total. The van der Waals surface area contributed by atoms with Gasteiger partial charge in [-0.1, -0.05) is 18.5 Å². The molecule has 0 bridgehead atoms. The van der Waals surface area contributed by atoms with Crippen molar-refractivity contribution < 1.29 is 0 Å². The zero-order valence-corrected chi connectivity index (χ0v) is 15.6. The minimum absolute atomic E-state index is 0.614. The van der Waals surface area contributed by atoms with E-state index in [1.165, 1.54) is 38.2 Å². The van der Waals surface area contributed by atoms with E-state index < -0.39 is 0 Å². The second-order valence-electron chi connectivity index (χ2n) is 6.66. The third-order valence-electron chi connectivity index (χ3n) is 4.42. The second-order valence-corrected chi connectivity index (χ2v) is 7.09. The molecule has 1 unspecified atom stereocenters. The first-order valence-corrected chi connectivity index (χ1v) is 8.82. The average Bonchev–Trinajstić information content (AvgIpc) is 3.10. The molecule has 0 amide bonds. The summed E-state index contributed by atoms with van der Waals surface area (Å²) in [6.45, 7) is 7.71. The third-order valence-corrected chi connectivity index (χ3v) is 4.63. The number of hydrogen-bond acceptors (Lipinski definition) is 2. The van der Waals surface area contributed by atoms with Crippen LogP contribution in [0.15, 0.2) is 17.3 Å². The molecule has 1 atom stereocenters. The Bertz CT molecular complexity index is 519. The number of guanidine groups is 1. The minimum Gasteiger partial charge on any atom is -0.356 e. The summed E-state index contributed by atoms with van der Waals surface area (Å²) in [7, 11) is 5.91. The van der Waals surface area contributed by atoms with Crippen molar-refractivity contribution in [2.45, 2.75) is 26.3 Å². The predicted octanol–water partition coefficient (Wildman–Crippen LogP) is 2.42. The van der Waals surface area contributed by atoms with Gasteiger partial charge in [0, 0.05) is 46.1 Å². The number of likely N-dealkylation sites (tertiary alicyclic amines) is 1. The van der Waals surface area contributed by atoms with E-state index in [1.54, 1.807) is 0 Å². The molecule has 0 aliphatic carbocycles. The summed E-state index contributed by atoms with van der Waals surface area (Å²) < 4.78 is 2.06. The van der Waals surface area contributed by atoms with Crippen LogP contribution < -0.4 is 5.32 Å². The van der Waals surface area contributed by atoms with Gasteiger partial charge in [-0.05, 0) is 37.9 Å². The van der Waals surface area contributed by atoms with Crippen LogP contribution in [0.2, 0.25) is 5.02 Å². The molecule has 1 saturated heterocycles. The van der Waals surface area contributed by atoms with E-state index >= 15 is 0 Å². The van der Waals surface area contributed by atoms with Gasteiger partial charge in [-0.3, -0.25) is 4.99 Å². The Kier molecular flexibility index (Phi) is 6.78. The summed E-state index contributed by atoms with van der Waals surface area (Å²) in [5.41, 5.74) is 1.17. The fourth-order valence-corrected chi connectivity index (χ4v) is 3.43. The van der Waals surface area contributed by atoms with Gasteiger partial charge in [-0.15, -0.1) is 0 Å². The molecule has 2 rings (SSSR count). The Hall–Kier alpha value is -1.20. The van der Waals surface area contributed by atoms with E-state index in [0.29, 0.717) is 5.92 Å². The molecule has 1 aromatic heterocycles. The van der Waals surface area contributed by atoms with Gasteiger partial charge in [0.05, 0.1) is 11.6 Å². The van der Waals surface area contributed by atoms with Crippen molar-refractivity contribution in [3.63, 3.8) is 0 Å². The molecule has 1 fully saturated rings. The molecule has 0 aromatic carbocycles. The van der Waals surface area contributed by atoms with Gasteiger partial charge in [0.1, 0.15) is 0 Å². The molecule has 0 radical (unpaired) electrons. The van der Waals surface area contributed by atoms with Crippen molar-refractivity contribution in [1.82, 2.24) is 19.7 Å². The first kappa shape index (κ1) is 18.1. The molecule has 1 aromatic rings. The number of halogens is 1. The molecule has 0 spiro atoms. The molecule has 1 aliphatic rings. The number of nitrogens with one attached hydrogen (secondary N) is 1. The Labute approximate surface area is 145 Å². The Morgan fingerprint density at radius 3 is 2.70 bits per heavy atom. The highest BCUT2D eigenvalue weighted by Crippen LogP contribution is 2.14. The quantitative estimate of drug-likeness (QED) is 0.638. The first-order chi connectivity index (χ1) is 11.0. The molecule has 5 nitrogen and oxygen atoms in total. The SMILES string of the molecule is CN=C(NCC(C)CN1CCCC1)N(C)Cc1cc(Cl)cn1C. The highest BCUT2D eigenvalue weighted by atomic mass is 35.5. The van der Waals surface area contributed by atoms with Gasteiger partial charge >= 0.3 is 0 Å². The van der Waals surface area contributed by atoms with Crippen LogP contribution >= 0.6 is 11.6 Å². The second kappa shape index (κ2) is 8.60. The lowest BCUT2D eigenvalue weighted by Crippen LogP contribution is -2.42. The van der Waals surface area contributed by atoms with Crippen LogP contribution in [0.5, 0.6) is 0 Å². The molecule has 0 saturated carbocycles. The summed E-state index contributed by atoms with van der Waals surface area (Å²) in [4.78, 5) is 9.09. The van der Waals surface area contributed by atoms with Crippen molar-refractivity contribution >= 4 is 17.6 Å². The lowest BCUT2D eigenvalue weighted by molar-refractivity contribution is 0.286. The number of hydrogen-bond donors (Lipinski definition) is 1. The molecular formula is C17H30ClN5. The summed E-state index contributed by atoms with van der Waals surface area (Å²) in [6.07, 6.45) is 4.63. The fourth-order valence-electron chi connectivity index (χ4n) is 3.16. The lowest BCUT2D eigenvalue weighted by Gasteiger charge is -2.25. The van der Waals surface area contributed by atoms with Gasteiger partial charge in [0.2, 0.25) is 0 Å². The average molecular weight is 340 g/mol. The molecular weight excluding hydrogens is 310 g/mol. The Morgan fingerprint density at radius 2 is 2.13 bits per heavy atom. The van der Waals surface area contributed by atoms with Crippen LogP contribution in [-0.4, -0.2) is 60.6 Å². The van der Waals surface area contributed by atoms with Crippen molar-refractivity contribution in [3.05, 3.63) is 23.0 Å². The molecule has 2 heterocycles. The Morgan fingerprint density at radius 1 is 1.43 bits per heavy atom. The highest BCUT2D eigenvalue weighted by Gasteiger charge is 2.16. The van der Waals surface area contributed by atoms with Crippen LogP contribution in [0.3, 0.4) is 0 Å². The maximum Gasteiger partial charge on any atom is 0.193 e. The summed E-state index contributed by atoms with van der Waals surface area (Å²) in [6, 6.07) is 2.00. The van der Waals surface area contributed by atoms with E-state index in [1.807, 2.05) is 26.4 Å². The maximum atomic E-state index is 6.06. The molecule has 130 valence electrons. The van der Waals surface area contributed by atoms with Gasteiger partial charge in [0.15, 0.2) is 5.96 Å². The van der Waals surface area contributed by atoms with Crippen LogP contribution in [-0.2, 0) is 13.6 Å². The number of nitrogens with zero attached hydrogens (tertiary/aromatic N) is 4. The van der Waals surface area contributed by atoms with Crippen LogP contribution in [0.4, 0.5) is 0 Å². The predicted molar refractivity (Wildman–Crippen MR) is 98.1 cm³/mol. The summed E-state index contributed by atoms with van der Waals surface area (Å²) >= 11 is 6.06. The lowest BCUT2D eigenvalue weighted by atomic mass is 10.1. The highest BCUT2D eigenvalue weighted by molar-refractivity contribution is 6.30. The Balaban J connectivity index is 1.80. The topological polar surface area (TPSA) is 35.8 Å². The minimum atomic E-state index is 0.614. The van der Waals surface area contributed by atoms with Gasteiger partial charge in [-0.25, -0.2) is 0 Å². The third kappa shape index (κ3) is 5.43. The number of rotatable bonds is 6. The van der Waals surface area contributed by atoms with Crippen molar-refractivity contribution in [1.29, 1.82) is 0 Å². The van der Waals surface area contributed by atoms with Crippen molar-refractivity contribution in [2.75, 3.05) is 40.3 Å². The fraction of sp³-hybridized carbons (Fsp3) is 0.706. The summed E-state index contributed by atoms with van der Waals surface area (Å²) in [5.74, 6) is 1.54. The smallest absolute Gasteiger partial charge is 0.193 e. The van der Waals surface area contributed by atoms with E-state index in [2.05, 4.69) is 38.6 Å². The zero-order valence-electron chi connectivity index (χ0n) is 14.8. The van der Waals surface area contributed by atoms with E-state index in [4.69, 9.17) is 11.6 Å². The van der Waals surface area contributed by atoms with Gasteiger partial charge in [-0.2, -0.15) is 0 Å². The largest absolute Gasteiger partial charge is 0.356 e. The summed E-state index contributed by atoms with van der Waals surface area (Å²) in [5, 5.41) is 4.27. The monoisotopic (exact) mass is 339 g/mol. The first-order valence-electron chi connectivity index (χ1n) is 8.44.